The van der Waals surface area contributed by atoms with E-state index in [0.29, 0.717) is 18.0 Å². The van der Waals surface area contributed by atoms with Gasteiger partial charge in [-0.25, -0.2) is 0 Å². The van der Waals surface area contributed by atoms with Crippen molar-refractivity contribution in [2.24, 2.45) is 5.73 Å². The Labute approximate surface area is 83.7 Å². The van der Waals surface area contributed by atoms with E-state index in [2.05, 4.69) is 0 Å². The molecule has 2 N–H and O–H groups in total. The highest BCUT2D eigenvalue weighted by Crippen LogP contribution is 2.11. The van der Waals surface area contributed by atoms with Crippen molar-refractivity contribution in [2.75, 3.05) is 6.61 Å². The molecule has 0 saturated heterocycles. The standard InChI is InChI=1S/C10H13NOS/c1-8-2-4-9(5-3-8)12-7-6-10(11)13/h2-5H,6-7H2,1H3,(H2,11,13). The number of ether oxygens (including phenoxy) is 1. The zero-order valence-electron chi connectivity index (χ0n) is 7.62. The molecule has 1 aromatic rings. The molecule has 0 aliphatic carbocycles. The van der Waals surface area contributed by atoms with Gasteiger partial charge in [0.05, 0.1) is 11.6 Å². The fourth-order valence-electron chi connectivity index (χ4n) is 0.904. The van der Waals surface area contributed by atoms with Crippen LogP contribution >= 0.6 is 12.2 Å². The molecule has 0 fully saturated rings. The summed E-state index contributed by atoms with van der Waals surface area (Å²) in [4.78, 5) is 0.493. The average Bonchev–Trinajstić information content (AvgIpc) is 2.08. The minimum Gasteiger partial charge on any atom is -0.493 e. The summed E-state index contributed by atoms with van der Waals surface area (Å²) < 4.78 is 5.40. The molecule has 0 saturated carbocycles. The molecule has 0 spiro atoms. The summed E-state index contributed by atoms with van der Waals surface area (Å²) in [6.07, 6.45) is 0.628. The predicted octanol–water partition coefficient (Wildman–Crippen LogP) is 2.05. The van der Waals surface area contributed by atoms with Gasteiger partial charge < -0.3 is 10.5 Å². The van der Waals surface area contributed by atoms with Crippen molar-refractivity contribution in [2.45, 2.75) is 13.3 Å². The van der Waals surface area contributed by atoms with E-state index in [1.165, 1.54) is 5.56 Å². The maximum Gasteiger partial charge on any atom is 0.119 e. The lowest BCUT2D eigenvalue weighted by molar-refractivity contribution is 0.329. The van der Waals surface area contributed by atoms with Crippen molar-refractivity contribution in [1.82, 2.24) is 0 Å². The molecule has 0 unspecified atom stereocenters. The van der Waals surface area contributed by atoms with E-state index >= 15 is 0 Å². The third-order valence-corrected chi connectivity index (χ3v) is 1.84. The first-order chi connectivity index (χ1) is 6.18. The van der Waals surface area contributed by atoms with Crippen molar-refractivity contribution >= 4 is 17.2 Å². The van der Waals surface area contributed by atoms with E-state index in [-0.39, 0.29) is 0 Å². The van der Waals surface area contributed by atoms with Crippen LogP contribution in [0, 0.1) is 6.92 Å². The number of hydrogen-bond acceptors (Lipinski definition) is 2. The lowest BCUT2D eigenvalue weighted by atomic mass is 10.2. The van der Waals surface area contributed by atoms with Crippen LogP contribution in [-0.4, -0.2) is 11.6 Å². The first kappa shape index (κ1) is 9.99. The Morgan fingerprint density at radius 2 is 2.00 bits per heavy atom. The highest BCUT2D eigenvalue weighted by atomic mass is 32.1. The Balaban J connectivity index is 2.37. The Hall–Kier alpha value is -1.09. The summed E-state index contributed by atoms with van der Waals surface area (Å²) in [5.41, 5.74) is 6.56. The SMILES string of the molecule is Cc1ccc(OCCC(N)=S)cc1. The molecule has 0 heterocycles. The average molecular weight is 195 g/mol. The van der Waals surface area contributed by atoms with Gasteiger partial charge in [-0.05, 0) is 19.1 Å². The molecule has 1 aromatic carbocycles. The maximum atomic E-state index is 5.40. The number of aryl methyl sites for hydroxylation is 1. The number of thiocarbonyl (C=S) groups is 1. The van der Waals surface area contributed by atoms with Crippen molar-refractivity contribution < 1.29 is 4.74 Å². The Morgan fingerprint density at radius 1 is 1.38 bits per heavy atom. The van der Waals surface area contributed by atoms with Gasteiger partial charge in [-0.2, -0.15) is 0 Å². The molecule has 0 aliphatic rings. The lowest BCUT2D eigenvalue weighted by Gasteiger charge is -2.04. The fourth-order valence-corrected chi connectivity index (χ4v) is 0.987. The molecule has 0 bridgehead atoms. The smallest absolute Gasteiger partial charge is 0.119 e. The Bertz CT molecular complexity index is 281. The van der Waals surface area contributed by atoms with E-state index in [4.69, 9.17) is 22.7 Å². The molecular weight excluding hydrogens is 182 g/mol. The second-order valence-electron chi connectivity index (χ2n) is 2.88. The zero-order chi connectivity index (χ0) is 9.68. The van der Waals surface area contributed by atoms with Crippen LogP contribution in [0.25, 0.3) is 0 Å². The fraction of sp³-hybridized carbons (Fsp3) is 0.300. The second-order valence-corrected chi connectivity index (χ2v) is 3.40. The quantitative estimate of drug-likeness (QED) is 0.747. The molecule has 0 amide bonds. The van der Waals surface area contributed by atoms with Gasteiger partial charge in [-0.15, -0.1) is 0 Å². The van der Waals surface area contributed by atoms with Crippen molar-refractivity contribution in [3.63, 3.8) is 0 Å². The molecule has 0 atom stereocenters. The third kappa shape index (κ3) is 3.90. The summed E-state index contributed by atoms with van der Waals surface area (Å²) in [5.74, 6) is 0.863. The van der Waals surface area contributed by atoms with Gasteiger partial charge >= 0.3 is 0 Å². The summed E-state index contributed by atoms with van der Waals surface area (Å²) >= 11 is 4.73. The minimum absolute atomic E-state index is 0.493. The highest BCUT2D eigenvalue weighted by Gasteiger charge is 1.93. The Morgan fingerprint density at radius 3 is 2.54 bits per heavy atom. The number of nitrogens with two attached hydrogens (primary N) is 1. The van der Waals surface area contributed by atoms with Crippen LogP contribution in [0.5, 0.6) is 5.75 Å². The first-order valence-electron chi connectivity index (χ1n) is 4.16. The molecule has 0 radical (unpaired) electrons. The number of rotatable bonds is 4. The van der Waals surface area contributed by atoms with Crippen LogP contribution in [0.2, 0.25) is 0 Å². The van der Waals surface area contributed by atoms with Crippen molar-refractivity contribution in [3.05, 3.63) is 29.8 Å². The monoisotopic (exact) mass is 195 g/mol. The highest BCUT2D eigenvalue weighted by molar-refractivity contribution is 7.80. The van der Waals surface area contributed by atoms with Gasteiger partial charge in [0.15, 0.2) is 0 Å². The number of hydrogen-bond donors (Lipinski definition) is 1. The van der Waals surface area contributed by atoms with E-state index in [0.717, 1.165) is 5.75 Å². The lowest BCUT2D eigenvalue weighted by Crippen LogP contribution is -2.12. The van der Waals surface area contributed by atoms with Crippen LogP contribution in [0.15, 0.2) is 24.3 Å². The molecule has 13 heavy (non-hydrogen) atoms. The molecule has 2 nitrogen and oxygen atoms in total. The number of benzene rings is 1. The molecule has 0 aliphatic heterocycles. The zero-order valence-corrected chi connectivity index (χ0v) is 8.43. The van der Waals surface area contributed by atoms with Crippen LogP contribution in [-0.2, 0) is 0 Å². The van der Waals surface area contributed by atoms with E-state index in [1.54, 1.807) is 0 Å². The Kier molecular flexibility index (Phi) is 3.71. The van der Waals surface area contributed by atoms with Gasteiger partial charge in [0.1, 0.15) is 5.75 Å². The second kappa shape index (κ2) is 4.82. The third-order valence-electron chi connectivity index (χ3n) is 1.64. The molecule has 3 heteroatoms. The normalized spacial score (nSPS) is 9.62. The van der Waals surface area contributed by atoms with Crippen LogP contribution in [0.1, 0.15) is 12.0 Å². The molecule has 70 valence electrons. The molecular formula is C10H13NOS. The van der Waals surface area contributed by atoms with Gasteiger partial charge in [-0.3, -0.25) is 0 Å². The van der Waals surface area contributed by atoms with Crippen LogP contribution in [0.4, 0.5) is 0 Å². The minimum atomic E-state index is 0.493. The van der Waals surface area contributed by atoms with Crippen LogP contribution < -0.4 is 10.5 Å². The van der Waals surface area contributed by atoms with E-state index in [1.807, 2.05) is 31.2 Å². The largest absolute Gasteiger partial charge is 0.493 e. The molecule has 1 rings (SSSR count). The molecule has 0 aromatic heterocycles. The van der Waals surface area contributed by atoms with E-state index in [9.17, 15) is 0 Å². The van der Waals surface area contributed by atoms with E-state index < -0.39 is 0 Å². The van der Waals surface area contributed by atoms with Gasteiger partial charge in [0.2, 0.25) is 0 Å². The topological polar surface area (TPSA) is 35.2 Å². The van der Waals surface area contributed by atoms with Crippen molar-refractivity contribution in [3.8, 4) is 5.75 Å². The summed E-state index contributed by atoms with van der Waals surface area (Å²) in [6.45, 7) is 2.59. The summed E-state index contributed by atoms with van der Waals surface area (Å²) in [5, 5.41) is 0. The summed E-state index contributed by atoms with van der Waals surface area (Å²) in [7, 11) is 0. The first-order valence-corrected chi connectivity index (χ1v) is 4.57. The van der Waals surface area contributed by atoms with Crippen molar-refractivity contribution in [1.29, 1.82) is 0 Å². The maximum absolute atomic E-state index is 5.40. The van der Waals surface area contributed by atoms with Gasteiger partial charge in [0, 0.05) is 6.42 Å². The van der Waals surface area contributed by atoms with Gasteiger partial charge in [-0.1, -0.05) is 29.9 Å². The van der Waals surface area contributed by atoms with Gasteiger partial charge in [0.25, 0.3) is 0 Å². The predicted molar refractivity (Wildman–Crippen MR) is 58.1 cm³/mol. The van der Waals surface area contributed by atoms with Crippen LogP contribution in [0.3, 0.4) is 0 Å². The summed E-state index contributed by atoms with van der Waals surface area (Å²) in [6, 6.07) is 7.90.